The van der Waals surface area contributed by atoms with Gasteiger partial charge in [-0.15, -0.1) is 11.3 Å². The molecule has 2 N–H and O–H groups in total. The van der Waals surface area contributed by atoms with E-state index in [4.69, 9.17) is 11.6 Å². The summed E-state index contributed by atoms with van der Waals surface area (Å²) in [5.41, 5.74) is 1.77. The van der Waals surface area contributed by atoms with E-state index in [-0.39, 0.29) is 17.7 Å². The normalized spacial score (nSPS) is 10.3. The van der Waals surface area contributed by atoms with Gasteiger partial charge in [0.1, 0.15) is 0 Å². The Morgan fingerprint density at radius 3 is 2.41 bits per heavy atom. The van der Waals surface area contributed by atoms with Crippen LogP contribution in [0.4, 0.5) is 17.1 Å². The van der Waals surface area contributed by atoms with Crippen LogP contribution >= 0.6 is 22.9 Å². The van der Waals surface area contributed by atoms with Gasteiger partial charge in [-0.2, -0.15) is 0 Å². The number of benzene rings is 2. The summed E-state index contributed by atoms with van der Waals surface area (Å²) in [4.78, 5) is 38.7. The molecule has 0 aliphatic carbocycles. The van der Waals surface area contributed by atoms with Crippen molar-refractivity contribution >= 4 is 57.7 Å². The predicted molar refractivity (Wildman–Crippen MR) is 117 cm³/mol. The van der Waals surface area contributed by atoms with Crippen molar-refractivity contribution in [3.63, 3.8) is 0 Å². The monoisotopic (exact) mass is 427 g/mol. The van der Waals surface area contributed by atoms with Gasteiger partial charge in [0.05, 0.1) is 26.8 Å². The lowest BCUT2D eigenvalue weighted by molar-refractivity contribution is -0.114. The molecule has 3 aromatic rings. The fourth-order valence-corrected chi connectivity index (χ4v) is 3.64. The summed E-state index contributed by atoms with van der Waals surface area (Å²) in [7, 11) is 1.63. The molecular weight excluding hydrogens is 410 g/mol. The van der Waals surface area contributed by atoms with Gasteiger partial charge in [0.25, 0.3) is 11.8 Å². The van der Waals surface area contributed by atoms with Crippen LogP contribution in [0, 0.1) is 0 Å². The maximum absolute atomic E-state index is 12.9. The van der Waals surface area contributed by atoms with Crippen LogP contribution in [0.5, 0.6) is 0 Å². The Labute approximate surface area is 177 Å². The third kappa shape index (κ3) is 4.82. The Morgan fingerprint density at radius 2 is 1.76 bits per heavy atom. The Balaban J connectivity index is 1.82. The lowest BCUT2D eigenvalue weighted by Gasteiger charge is -2.20. The first-order valence-electron chi connectivity index (χ1n) is 8.66. The zero-order chi connectivity index (χ0) is 21.0. The van der Waals surface area contributed by atoms with Crippen LogP contribution in [0.3, 0.4) is 0 Å². The number of nitrogens with zero attached hydrogens (tertiary/aromatic N) is 1. The van der Waals surface area contributed by atoms with Crippen LogP contribution in [0.1, 0.15) is 27.0 Å². The summed E-state index contributed by atoms with van der Waals surface area (Å²) in [6.45, 7) is 1.39. The molecule has 3 rings (SSSR count). The maximum atomic E-state index is 12.9. The molecule has 0 saturated heterocycles. The average molecular weight is 428 g/mol. The fourth-order valence-electron chi connectivity index (χ4n) is 2.72. The molecule has 2 aromatic carbocycles. The molecule has 0 fully saturated rings. The second-order valence-corrected chi connectivity index (χ2v) is 7.54. The molecule has 0 aliphatic rings. The van der Waals surface area contributed by atoms with Crippen molar-refractivity contribution < 1.29 is 14.4 Å². The molecule has 0 unspecified atom stereocenters. The molecule has 0 saturated carbocycles. The number of halogens is 1. The minimum absolute atomic E-state index is 0.192. The molecule has 3 amide bonds. The summed E-state index contributed by atoms with van der Waals surface area (Å²) in [6.07, 6.45) is 0. The van der Waals surface area contributed by atoms with E-state index in [0.717, 1.165) is 0 Å². The molecule has 6 nitrogen and oxygen atoms in total. The minimum Gasteiger partial charge on any atom is -0.325 e. The van der Waals surface area contributed by atoms with Crippen LogP contribution in [-0.2, 0) is 4.79 Å². The number of hydrogen-bond acceptors (Lipinski definition) is 4. The zero-order valence-electron chi connectivity index (χ0n) is 15.7. The number of anilines is 3. The van der Waals surface area contributed by atoms with E-state index in [9.17, 15) is 14.4 Å². The quantitative estimate of drug-likeness (QED) is 0.608. The van der Waals surface area contributed by atoms with Crippen LogP contribution in [-0.4, -0.2) is 24.8 Å². The standard InChI is InChI=1S/C21H18ClN3O3S/c1-13(26)23-17-10-9-14(12-16(17)22)24-20(27)15-6-3-4-7-18(15)25(2)21(28)19-8-5-11-29-19/h3-12H,1-2H3,(H,23,26)(H,24,27). The smallest absolute Gasteiger partial charge is 0.268 e. The average Bonchev–Trinajstić information content (AvgIpc) is 3.23. The van der Waals surface area contributed by atoms with E-state index in [1.807, 2.05) is 5.38 Å². The second-order valence-electron chi connectivity index (χ2n) is 6.19. The van der Waals surface area contributed by atoms with Gasteiger partial charge in [-0.1, -0.05) is 29.8 Å². The third-order valence-corrected chi connectivity index (χ3v) is 5.25. The van der Waals surface area contributed by atoms with E-state index >= 15 is 0 Å². The summed E-state index contributed by atoms with van der Waals surface area (Å²) in [5, 5.41) is 7.52. The van der Waals surface area contributed by atoms with Gasteiger partial charge in [0, 0.05) is 19.7 Å². The van der Waals surface area contributed by atoms with Crippen LogP contribution in [0.25, 0.3) is 0 Å². The summed E-state index contributed by atoms with van der Waals surface area (Å²) >= 11 is 7.51. The summed E-state index contributed by atoms with van der Waals surface area (Å²) in [6, 6.07) is 15.2. The number of hydrogen-bond donors (Lipinski definition) is 2. The molecule has 29 heavy (non-hydrogen) atoms. The first kappa shape index (κ1) is 20.6. The van der Waals surface area contributed by atoms with Gasteiger partial charge in [-0.3, -0.25) is 14.4 Å². The lowest BCUT2D eigenvalue weighted by Crippen LogP contribution is -2.28. The van der Waals surface area contributed by atoms with Gasteiger partial charge in [-0.25, -0.2) is 0 Å². The second kappa shape index (κ2) is 8.89. The molecular formula is C21H18ClN3O3S. The fraction of sp³-hybridized carbons (Fsp3) is 0.0952. The van der Waals surface area contributed by atoms with Crippen molar-refractivity contribution in [2.24, 2.45) is 0 Å². The highest BCUT2D eigenvalue weighted by molar-refractivity contribution is 7.12. The molecule has 1 aromatic heterocycles. The minimum atomic E-state index is -0.380. The molecule has 0 spiro atoms. The highest BCUT2D eigenvalue weighted by atomic mass is 35.5. The SMILES string of the molecule is CC(=O)Nc1ccc(NC(=O)c2ccccc2N(C)C(=O)c2cccs2)cc1Cl. The van der Waals surface area contributed by atoms with Crippen molar-refractivity contribution in [1.29, 1.82) is 0 Å². The number of para-hydroxylation sites is 1. The lowest BCUT2D eigenvalue weighted by atomic mass is 10.1. The topological polar surface area (TPSA) is 78.5 Å². The van der Waals surface area contributed by atoms with E-state index in [1.54, 1.807) is 61.6 Å². The van der Waals surface area contributed by atoms with Gasteiger partial charge in [-0.05, 0) is 41.8 Å². The zero-order valence-corrected chi connectivity index (χ0v) is 17.3. The molecule has 0 atom stereocenters. The Morgan fingerprint density at radius 1 is 1.00 bits per heavy atom. The van der Waals surface area contributed by atoms with E-state index in [2.05, 4.69) is 10.6 Å². The molecule has 0 radical (unpaired) electrons. The van der Waals surface area contributed by atoms with Crippen LogP contribution in [0.2, 0.25) is 5.02 Å². The van der Waals surface area contributed by atoms with E-state index < -0.39 is 0 Å². The Bertz CT molecular complexity index is 1070. The maximum Gasteiger partial charge on any atom is 0.268 e. The molecule has 148 valence electrons. The first-order valence-corrected chi connectivity index (χ1v) is 9.91. The van der Waals surface area contributed by atoms with Gasteiger partial charge in [0.15, 0.2) is 0 Å². The van der Waals surface area contributed by atoms with Crippen LogP contribution in [0.15, 0.2) is 60.0 Å². The first-order chi connectivity index (χ1) is 13.9. The summed E-state index contributed by atoms with van der Waals surface area (Å²) in [5.74, 6) is -0.811. The van der Waals surface area contributed by atoms with E-state index in [1.165, 1.54) is 23.2 Å². The van der Waals surface area contributed by atoms with Crippen LogP contribution < -0.4 is 15.5 Å². The number of carbonyl (C=O) groups excluding carboxylic acids is 3. The number of thiophene rings is 1. The van der Waals surface area contributed by atoms with Crippen molar-refractivity contribution in [3.8, 4) is 0 Å². The third-order valence-electron chi connectivity index (χ3n) is 4.08. The van der Waals surface area contributed by atoms with Crippen molar-refractivity contribution in [1.82, 2.24) is 0 Å². The molecule has 1 heterocycles. The highest BCUT2D eigenvalue weighted by Crippen LogP contribution is 2.27. The van der Waals surface area contributed by atoms with Crippen molar-refractivity contribution in [3.05, 3.63) is 75.4 Å². The van der Waals surface area contributed by atoms with Gasteiger partial charge >= 0.3 is 0 Å². The number of carbonyl (C=O) groups is 3. The van der Waals surface area contributed by atoms with E-state index in [0.29, 0.717) is 32.5 Å². The predicted octanol–water partition coefficient (Wildman–Crippen LogP) is 4.89. The highest BCUT2D eigenvalue weighted by Gasteiger charge is 2.20. The van der Waals surface area contributed by atoms with Gasteiger partial charge < -0.3 is 15.5 Å². The molecule has 0 bridgehead atoms. The van der Waals surface area contributed by atoms with Gasteiger partial charge in [0.2, 0.25) is 5.91 Å². The number of nitrogens with one attached hydrogen (secondary N) is 2. The molecule has 8 heteroatoms. The van der Waals surface area contributed by atoms with Crippen molar-refractivity contribution in [2.45, 2.75) is 6.92 Å². The largest absolute Gasteiger partial charge is 0.325 e. The summed E-state index contributed by atoms with van der Waals surface area (Å²) < 4.78 is 0. The number of amides is 3. The number of rotatable bonds is 5. The Hall–Kier alpha value is -3.16. The Kier molecular flexibility index (Phi) is 6.31. The van der Waals surface area contributed by atoms with Crippen molar-refractivity contribution in [2.75, 3.05) is 22.6 Å². The molecule has 0 aliphatic heterocycles.